The van der Waals surface area contributed by atoms with Crippen LogP contribution in [0, 0.1) is 11.8 Å². The van der Waals surface area contributed by atoms with E-state index < -0.39 is 0 Å². The van der Waals surface area contributed by atoms with Crippen molar-refractivity contribution in [1.82, 2.24) is 0 Å². The van der Waals surface area contributed by atoms with Crippen molar-refractivity contribution in [2.45, 2.75) is 33.1 Å². The molecule has 1 heteroatoms. The summed E-state index contributed by atoms with van der Waals surface area (Å²) in [5.41, 5.74) is 0. The van der Waals surface area contributed by atoms with E-state index in [-0.39, 0.29) is 0 Å². The van der Waals surface area contributed by atoms with Crippen molar-refractivity contribution in [3.63, 3.8) is 0 Å². The normalized spacial score (nSPS) is 13.5. The Labute approximate surface area is 75.6 Å². The Balaban J connectivity index is 3.48. The fraction of sp³-hybridized carbons (Fsp3) is 0.800. The van der Waals surface area contributed by atoms with Crippen molar-refractivity contribution in [1.29, 1.82) is 0 Å². The van der Waals surface area contributed by atoms with Gasteiger partial charge in [-0.25, -0.2) is 0 Å². The van der Waals surface area contributed by atoms with Gasteiger partial charge in [-0.1, -0.05) is 19.9 Å². The van der Waals surface area contributed by atoms with Crippen LogP contribution >= 0.6 is 11.6 Å². The second kappa shape index (κ2) is 6.72. The Kier molecular flexibility index (Phi) is 6.74. The third kappa shape index (κ3) is 6.43. The van der Waals surface area contributed by atoms with Crippen LogP contribution in [0.2, 0.25) is 0 Å². The molecule has 0 bridgehead atoms. The van der Waals surface area contributed by atoms with Gasteiger partial charge < -0.3 is 0 Å². The monoisotopic (exact) mass is 174 g/mol. The molecule has 0 nitrogen and oxygen atoms in total. The van der Waals surface area contributed by atoms with Crippen molar-refractivity contribution >= 4 is 11.6 Å². The quantitative estimate of drug-likeness (QED) is 0.424. The summed E-state index contributed by atoms with van der Waals surface area (Å²) in [5, 5.41) is 0. The predicted molar refractivity (Wildman–Crippen MR) is 53.1 cm³/mol. The minimum Gasteiger partial charge on any atom is -0.126 e. The lowest BCUT2D eigenvalue weighted by Gasteiger charge is -2.14. The molecular weight excluding hydrogens is 156 g/mol. The van der Waals surface area contributed by atoms with Gasteiger partial charge in [-0.15, -0.1) is 18.2 Å². The number of halogens is 1. The molecule has 11 heavy (non-hydrogen) atoms. The van der Waals surface area contributed by atoms with Crippen LogP contribution < -0.4 is 0 Å². The Bertz CT molecular complexity index is 97.0. The van der Waals surface area contributed by atoms with Crippen LogP contribution in [0.25, 0.3) is 0 Å². The van der Waals surface area contributed by atoms with Gasteiger partial charge in [0, 0.05) is 5.88 Å². The van der Waals surface area contributed by atoms with Crippen LogP contribution in [-0.4, -0.2) is 5.88 Å². The first-order chi connectivity index (χ1) is 5.20. The smallest absolute Gasteiger partial charge is 0.0251 e. The van der Waals surface area contributed by atoms with E-state index in [9.17, 15) is 0 Å². The number of rotatable bonds is 6. The lowest BCUT2D eigenvalue weighted by atomic mass is 9.95. The molecule has 0 amide bonds. The second-order valence-corrected chi connectivity index (χ2v) is 3.82. The summed E-state index contributed by atoms with van der Waals surface area (Å²) < 4.78 is 0. The molecule has 0 aromatic carbocycles. The number of hydrogen-bond acceptors (Lipinski definition) is 0. The van der Waals surface area contributed by atoms with Gasteiger partial charge in [-0.05, 0) is 31.1 Å². The van der Waals surface area contributed by atoms with E-state index in [1.807, 2.05) is 6.08 Å². The highest BCUT2D eigenvalue weighted by Gasteiger charge is 2.07. The molecule has 0 aromatic heterocycles. The average Bonchev–Trinajstić information content (AvgIpc) is 1.97. The van der Waals surface area contributed by atoms with Gasteiger partial charge in [-0.2, -0.15) is 0 Å². The molecule has 0 rings (SSSR count). The van der Waals surface area contributed by atoms with E-state index in [1.54, 1.807) is 0 Å². The zero-order valence-corrected chi connectivity index (χ0v) is 8.40. The predicted octanol–water partition coefficient (Wildman–Crippen LogP) is 3.85. The standard InChI is InChI=1S/C10H19Cl/c1-4-5-6-10(8-11)7-9(2)3/h4,9-10H,1,5-8H2,2-3H3. The Hall–Kier alpha value is 0.0300. The van der Waals surface area contributed by atoms with Crippen molar-refractivity contribution in [3.8, 4) is 0 Å². The summed E-state index contributed by atoms with van der Waals surface area (Å²) in [4.78, 5) is 0. The van der Waals surface area contributed by atoms with Crippen molar-refractivity contribution in [2.24, 2.45) is 11.8 Å². The number of allylic oxidation sites excluding steroid dienone is 1. The van der Waals surface area contributed by atoms with Crippen molar-refractivity contribution < 1.29 is 0 Å². The first kappa shape index (κ1) is 11.0. The maximum absolute atomic E-state index is 5.81. The fourth-order valence-electron chi connectivity index (χ4n) is 1.28. The van der Waals surface area contributed by atoms with Gasteiger partial charge in [0.15, 0.2) is 0 Å². The summed E-state index contributed by atoms with van der Waals surface area (Å²) in [6.07, 6.45) is 5.52. The minimum atomic E-state index is 0.690. The van der Waals surface area contributed by atoms with E-state index in [1.165, 1.54) is 12.8 Å². The molecule has 0 radical (unpaired) electrons. The highest BCUT2D eigenvalue weighted by Crippen LogP contribution is 2.18. The van der Waals surface area contributed by atoms with E-state index in [0.29, 0.717) is 5.92 Å². The first-order valence-corrected chi connectivity index (χ1v) is 4.91. The molecule has 0 saturated heterocycles. The van der Waals surface area contributed by atoms with Gasteiger partial charge >= 0.3 is 0 Å². The summed E-state index contributed by atoms with van der Waals surface area (Å²) in [6, 6.07) is 0. The van der Waals surface area contributed by atoms with Gasteiger partial charge in [0.1, 0.15) is 0 Å². The van der Waals surface area contributed by atoms with Crippen LogP contribution in [0.1, 0.15) is 33.1 Å². The van der Waals surface area contributed by atoms with Crippen molar-refractivity contribution in [2.75, 3.05) is 5.88 Å². The first-order valence-electron chi connectivity index (χ1n) is 4.37. The zero-order chi connectivity index (χ0) is 8.69. The summed E-state index contributed by atoms with van der Waals surface area (Å²) in [6.45, 7) is 8.19. The van der Waals surface area contributed by atoms with Crippen LogP contribution in [0.3, 0.4) is 0 Å². The maximum Gasteiger partial charge on any atom is 0.0251 e. The maximum atomic E-state index is 5.81. The molecule has 0 aliphatic rings. The SMILES string of the molecule is C=CCCC(CCl)CC(C)C. The van der Waals surface area contributed by atoms with E-state index in [4.69, 9.17) is 11.6 Å². The van der Waals surface area contributed by atoms with E-state index in [0.717, 1.165) is 18.2 Å². The molecule has 0 aliphatic heterocycles. The number of hydrogen-bond donors (Lipinski definition) is 0. The molecule has 0 spiro atoms. The van der Waals surface area contributed by atoms with Gasteiger partial charge in [0.25, 0.3) is 0 Å². The second-order valence-electron chi connectivity index (χ2n) is 3.52. The lowest BCUT2D eigenvalue weighted by molar-refractivity contribution is 0.422. The third-order valence-corrected chi connectivity index (χ3v) is 2.24. The molecule has 0 aromatic rings. The zero-order valence-electron chi connectivity index (χ0n) is 7.65. The lowest BCUT2D eigenvalue weighted by Crippen LogP contribution is -2.05. The topological polar surface area (TPSA) is 0 Å². The summed E-state index contributed by atoms with van der Waals surface area (Å²) in [7, 11) is 0. The Morgan fingerprint density at radius 2 is 2.09 bits per heavy atom. The van der Waals surface area contributed by atoms with Crippen LogP contribution in [0.4, 0.5) is 0 Å². The summed E-state index contributed by atoms with van der Waals surface area (Å²) >= 11 is 5.81. The molecule has 0 fully saturated rings. The molecule has 0 heterocycles. The van der Waals surface area contributed by atoms with E-state index in [2.05, 4.69) is 20.4 Å². The van der Waals surface area contributed by atoms with Crippen LogP contribution in [0.15, 0.2) is 12.7 Å². The Morgan fingerprint density at radius 1 is 1.45 bits per heavy atom. The fourth-order valence-corrected chi connectivity index (χ4v) is 1.56. The van der Waals surface area contributed by atoms with Crippen molar-refractivity contribution in [3.05, 3.63) is 12.7 Å². The largest absolute Gasteiger partial charge is 0.126 e. The third-order valence-electron chi connectivity index (χ3n) is 1.80. The molecule has 0 N–H and O–H groups in total. The number of alkyl halides is 1. The van der Waals surface area contributed by atoms with Crippen LogP contribution in [0.5, 0.6) is 0 Å². The average molecular weight is 175 g/mol. The van der Waals surface area contributed by atoms with Gasteiger partial charge in [-0.3, -0.25) is 0 Å². The van der Waals surface area contributed by atoms with E-state index >= 15 is 0 Å². The van der Waals surface area contributed by atoms with Gasteiger partial charge in [0.2, 0.25) is 0 Å². The highest BCUT2D eigenvalue weighted by molar-refractivity contribution is 6.18. The summed E-state index contributed by atoms with van der Waals surface area (Å²) in [5.74, 6) is 2.25. The van der Waals surface area contributed by atoms with Crippen LogP contribution in [-0.2, 0) is 0 Å². The molecule has 1 atom stereocenters. The highest BCUT2D eigenvalue weighted by atomic mass is 35.5. The molecule has 1 unspecified atom stereocenters. The Morgan fingerprint density at radius 3 is 2.45 bits per heavy atom. The van der Waals surface area contributed by atoms with Gasteiger partial charge in [0.05, 0.1) is 0 Å². The molecular formula is C10H19Cl. The minimum absolute atomic E-state index is 0.690. The molecule has 0 aliphatic carbocycles. The molecule has 0 saturated carbocycles. The molecule has 66 valence electrons.